The third-order valence-electron chi connectivity index (χ3n) is 5.19. The van der Waals surface area contributed by atoms with Gasteiger partial charge in [0.05, 0.1) is 7.11 Å². The summed E-state index contributed by atoms with van der Waals surface area (Å²) in [6, 6.07) is 3.49. The molecule has 0 radical (unpaired) electrons. The van der Waals surface area contributed by atoms with Gasteiger partial charge in [0, 0.05) is 49.9 Å². The van der Waals surface area contributed by atoms with Gasteiger partial charge < -0.3 is 24.6 Å². The minimum Gasteiger partial charge on any atom is -0.464 e. The summed E-state index contributed by atoms with van der Waals surface area (Å²) >= 11 is 0. The van der Waals surface area contributed by atoms with Crippen LogP contribution in [0.25, 0.3) is 0 Å². The van der Waals surface area contributed by atoms with Crippen LogP contribution in [0.3, 0.4) is 0 Å². The Kier molecular flexibility index (Phi) is 5.90. The number of hydrogen-bond donors (Lipinski definition) is 2. The van der Waals surface area contributed by atoms with E-state index < -0.39 is 11.6 Å². The number of nitrogens with one attached hydrogen (secondary N) is 2. The Hall–Kier alpha value is -3.37. The number of nitrogens with zero attached hydrogens (tertiary/aromatic N) is 5. The lowest BCUT2D eigenvalue weighted by atomic mass is 10.2. The summed E-state index contributed by atoms with van der Waals surface area (Å²) in [4.78, 5) is 37.0. The molecular formula is C21H29N7O4. The number of hydrogen-bond acceptors (Lipinski definition) is 9. The molecular weight excluding hydrogens is 414 g/mol. The van der Waals surface area contributed by atoms with Gasteiger partial charge in [-0.15, -0.1) is 0 Å². The van der Waals surface area contributed by atoms with Crippen molar-refractivity contribution in [1.82, 2.24) is 25.1 Å². The predicted molar refractivity (Wildman–Crippen MR) is 117 cm³/mol. The summed E-state index contributed by atoms with van der Waals surface area (Å²) < 4.78 is 10.3. The fraction of sp³-hybridized carbons (Fsp3) is 0.571. The van der Waals surface area contributed by atoms with Crippen molar-refractivity contribution >= 4 is 29.6 Å². The van der Waals surface area contributed by atoms with E-state index in [0.717, 1.165) is 5.69 Å². The predicted octanol–water partition coefficient (Wildman–Crippen LogP) is 2.66. The van der Waals surface area contributed by atoms with Gasteiger partial charge in [0.25, 0.3) is 0 Å². The first kappa shape index (κ1) is 21.8. The number of ether oxygens (including phenoxy) is 2. The number of aromatic amines is 1. The van der Waals surface area contributed by atoms with Crippen LogP contribution in [0.2, 0.25) is 0 Å². The van der Waals surface area contributed by atoms with Crippen LogP contribution >= 0.6 is 0 Å². The molecule has 0 unspecified atom stereocenters. The molecule has 0 bridgehead atoms. The highest BCUT2D eigenvalue weighted by Crippen LogP contribution is 2.39. The van der Waals surface area contributed by atoms with Crippen molar-refractivity contribution in [1.29, 1.82) is 0 Å². The molecule has 0 atom stereocenters. The second-order valence-corrected chi connectivity index (χ2v) is 8.99. The van der Waals surface area contributed by atoms with E-state index in [1.54, 1.807) is 4.90 Å². The van der Waals surface area contributed by atoms with Gasteiger partial charge in [-0.05, 0) is 33.6 Å². The highest BCUT2D eigenvalue weighted by atomic mass is 16.6. The lowest BCUT2D eigenvalue weighted by Gasteiger charge is -2.35. The van der Waals surface area contributed by atoms with E-state index in [1.807, 2.05) is 31.7 Å². The van der Waals surface area contributed by atoms with Crippen molar-refractivity contribution in [3.05, 3.63) is 23.5 Å². The molecule has 2 aromatic heterocycles. The SMILES string of the molecule is COC(=O)c1cc(Nc2cc(C3CC3)[nH]n2)nc(N2CCN(C(=O)OC(C)(C)C)CC2)n1. The third-order valence-corrected chi connectivity index (χ3v) is 5.19. The molecule has 2 fully saturated rings. The van der Waals surface area contributed by atoms with E-state index in [0.29, 0.717) is 49.7 Å². The molecule has 2 aliphatic rings. The minimum absolute atomic E-state index is 0.146. The summed E-state index contributed by atoms with van der Waals surface area (Å²) in [5.74, 6) is 1.45. The number of aromatic nitrogens is 4. The molecule has 172 valence electrons. The number of carbonyl (C=O) groups is 2. The Morgan fingerprint density at radius 2 is 1.81 bits per heavy atom. The monoisotopic (exact) mass is 443 g/mol. The van der Waals surface area contributed by atoms with Crippen molar-refractivity contribution < 1.29 is 19.1 Å². The molecule has 32 heavy (non-hydrogen) atoms. The highest BCUT2D eigenvalue weighted by molar-refractivity contribution is 5.88. The van der Waals surface area contributed by atoms with Gasteiger partial charge in [-0.1, -0.05) is 0 Å². The highest BCUT2D eigenvalue weighted by Gasteiger charge is 2.28. The third kappa shape index (κ3) is 5.27. The van der Waals surface area contributed by atoms with Crippen molar-refractivity contribution in [3.63, 3.8) is 0 Å². The largest absolute Gasteiger partial charge is 0.464 e. The standard InChI is InChI=1S/C21H29N7O4/c1-21(2,3)32-20(30)28-9-7-27(8-10-28)19-22-15(18(29)31-4)12-16(24-19)23-17-11-14(25-26-17)13-5-6-13/h11-13H,5-10H2,1-4H3,(H2,22,23,24,25,26). The fourth-order valence-corrected chi connectivity index (χ4v) is 3.40. The topological polar surface area (TPSA) is 126 Å². The van der Waals surface area contributed by atoms with Crippen molar-refractivity contribution in [2.24, 2.45) is 0 Å². The molecule has 1 aliphatic carbocycles. The van der Waals surface area contributed by atoms with E-state index in [9.17, 15) is 9.59 Å². The van der Waals surface area contributed by atoms with E-state index >= 15 is 0 Å². The zero-order valence-corrected chi connectivity index (χ0v) is 18.8. The number of H-pyrrole nitrogens is 1. The smallest absolute Gasteiger partial charge is 0.410 e. The molecule has 3 heterocycles. The number of rotatable bonds is 5. The lowest BCUT2D eigenvalue weighted by Crippen LogP contribution is -2.50. The van der Waals surface area contributed by atoms with Gasteiger partial charge in [0.15, 0.2) is 11.5 Å². The molecule has 2 aromatic rings. The maximum Gasteiger partial charge on any atom is 0.410 e. The van der Waals surface area contributed by atoms with E-state index in [1.165, 1.54) is 26.0 Å². The van der Waals surface area contributed by atoms with Crippen LogP contribution in [0.15, 0.2) is 12.1 Å². The van der Waals surface area contributed by atoms with Crippen LogP contribution in [0, 0.1) is 0 Å². The van der Waals surface area contributed by atoms with Gasteiger partial charge in [0.2, 0.25) is 5.95 Å². The molecule has 1 aliphatic heterocycles. The van der Waals surface area contributed by atoms with Crippen LogP contribution in [0.1, 0.15) is 55.7 Å². The van der Waals surface area contributed by atoms with Gasteiger partial charge >= 0.3 is 12.1 Å². The number of amides is 1. The Balaban J connectivity index is 1.48. The number of esters is 1. The Bertz CT molecular complexity index is 988. The zero-order chi connectivity index (χ0) is 22.9. The number of carbonyl (C=O) groups excluding carboxylic acids is 2. The zero-order valence-electron chi connectivity index (χ0n) is 18.8. The van der Waals surface area contributed by atoms with E-state index in [4.69, 9.17) is 9.47 Å². The first-order valence-electron chi connectivity index (χ1n) is 10.7. The van der Waals surface area contributed by atoms with Crippen molar-refractivity contribution in [2.45, 2.75) is 45.1 Å². The summed E-state index contributed by atoms with van der Waals surface area (Å²) in [6.07, 6.45) is 2.00. The van der Waals surface area contributed by atoms with Crippen LogP contribution in [-0.4, -0.2) is 76.0 Å². The summed E-state index contributed by atoms with van der Waals surface area (Å²) in [5, 5.41) is 10.5. The molecule has 0 aromatic carbocycles. The van der Waals surface area contributed by atoms with E-state index in [-0.39, 0.29) is 11.8 Å². The van der Waals surface area contributed by atoms with Crippen molar-refractivity contribution in [3.8, 4) is 0 Å². The first-order chi connectivity index (χ1) is 15.2. The molecule has 0 spiro atoms. The van der Waals surface area contributed by atoms with Crippen molar-refractivity contribution in [2.75, 3.05) is 43.5 Å². The lowest BCUT2D eigenvalue weighted by molar-refractivity contribution is 0.0240. The molecule has 11 nitrogen and oxygen atoms in total. The van der Waals surface area contributed by atoms with Crippen LogP contribution in [0.5, 0.6) is 0 Å². The Labute approximate surface area is 186 Å². The number of methoxy groups -OCH3 is 1. The summed E-state index contributed by atoms with van der Waals surface area (Å²) in [7, 11) is 1.31. The minimum atomic E-state index is -0.551. The summed E-state index contributed by atoms with van der Waals surface area (Å²) in [6.45, 7) is 7.48. The summed E-state index contributed by atoms with van der Waals surface area (Å²) in [5.41, 5.74) is 0.694. The van der Waals surface area contributed by atoms with Gasteiger partial charge in [-0.3, -0.25) is 5.10 Å². The second kappa shape index (κ2) is 8.64. The number of anilines is 3. The van der Waals surface area contributed by atoms with E-state index in [2.05, 4.69) is 25.5 Å². The maximum atomic E-state index is 12.3. The normalized spacial score (nSPS) is 16.6. The maximum absolute atomic E-state index is 12.3. The molecule has 2 N–H and O–H groups in total. The van der Waals surface area contributed by atoms with Gasteiger partial charge in [0.1, 0.15) is 11.4 Å². The molecule has 1 amide bonds. The Morgan fingerprint density at radius 1 is 1.09 bits per heavy atom. The van der Waals surface area contributed by atoms with Gasteiger partial charge in [-0.25, -0.2) is 14.6 Å². The average Bonchev–Trinajstić information content (AvgIpc) is 3.51. The molecule has 1 saturated heterocycles. The molecule has 4 rings (SSSR count). The average molecular weight is 444 g/mol. The quantitative estimate of drug-likeness (QED) is 0.671. The Morgan fingerprint density at radius 3 is 2.44 bits per heavy atom. The van der Waals surface area contributed by atoms with Crippen LogP contribution in [-0.2, 0) is 9.47 Å². The van der Waals surface area contributed by atoms with Crippen LogP contribution in [0.4, 0.5) is 22.4 Å². The van der Waals surface area contributed by atoms with Gasteiger partial charge in [-0.2, -0.15) is 10.1 Å². The number of piperazine rings is 1. The molecule has 1 saturated carbocycles. The first-order valence-corrected chi connectivity index (χ1v) is 10.7. The second-order valence-electron chi connectivity index (χ2n) is 8.99. The molecule has 11 heteroatoms. The fourth-order valence-electron chi connectivity index (χ4n) is 3.40. The van der Waals surface area contributed by atoms with Crippen LogP contribution < -0.4 is 10.2 Å².